The van der Waals surface area contributed by atoms with Gasteiger partial charge in [0.25, 0.3) is 5.56 Å². The third-order valence-electron chi connectivity index (χ3n) is 5.95. The number of benzene rings is 1. The highest BCUT2D eigenvalue weighted by molar-refractivity contribution is 7.15. The van der Waals surface area contributed by atoms with Gasteiger partial charge in [-0.25, -0.2) is 4.98 Å². The van der Waals surface area contributed by atoms with E-state index in [4.69, 9.17) is 4.98 Å². The van der Waals surface area contributed by atoms with Gasteiger partial charge >= 0.3 is 0 Å². The number of aryl methyl sites for hydroxylation is 2. The second kappa shape index (κ2) is 6.87. The van der Waals surface area contributed by atoms with E-state index >= 15 is 0 Å². The largest absolute Gasteiger partial charge is 0.358 e. The van der Waals surface area contributed by atoms with Crippen molar-refractivity contribution in [1.29, 1.82) is 0 Å². The molecule has 5 nitrogen and oxygen atoms in total. The Kier molecular flexibility index (Phi) is 4.33. The predicted molar refractivity (Wildman–Crippen MR) is 114 cm³/mol. The number of rotatable bonds is 3. The Labute approximate surface area is 167 Å². The summed E-state index contributed by atoms with van der Waals surface area (Å²) in [5.41, 5.74) is 5.90. The summed E-state index contributed by atoms with van der Waals surface area (Å²) in [7, 11) is 0. The van der Waals surface area contributed by atoms with Crippen molar-refractivity contribution < 1.29 is 0 Å². The van der Waals surface area contributed by atoms with Crippen molar-refractivity contribution in [3.8, 4) is 0 Å². The first kappa shape index (κ1) is 17.6. The summed E-state index contributed by atoms with van der Waals surface area (Å²) in [6.45, 7) is 6.96. The van der Waals surface area contributed by atoms with Crippen molar-refractivity contribution in [3.63, 3.8) is 0 Å². The summed E-state index contributed by atoms with van der Waals surface area (Å²) in [4.78, 5) is 23.9. The van der Waals surface area contributed by atoms with Crippen molar-refractivity contribution in [2.45, 2.75) is 39.2 Å². The monoisotopic (exact) mass is 392 g/mol. The van der Waals surface area contributed by atoms with Gasteiger partial charge in [0.05, 0.1) is 5.69 Å². The summed E-state index contributed by atoms with van der Waals surface area (Å²) in [5.74, 6) is 0.591. The zero-order valence-corrected chi connectivity index (χ0v) is 17.1. The number of aromatic nitrogens is 3. The first-order valence-electron chi connectivity index (χ1n) is 9.86. The number of nitrogens with one attached hydrogen (secondary N) is 1. The molecule has 0 atom stereocenters. The summed E-state index contributed by atoms with van der Waals surface area (Å²) in [5, 5.41) is 3.36. The number of fused-ring (bicyclic) bond motifs is 2. The second-order valence-electron chi connectivity index (χ2n) is 7.84. The van der Waals surface area contributed by atoms with Crippen LogP contribution in [0, 0.1) is 13.8 Å². The number of hydrogen-bond acceptors (Lipinski definition) is 4. The molecule has 0 amide bonds. The highest BCUT2D eigenvalue weighted by Crippen LogP contribution is 2.35. The number of piperidine rings is 1. The first-order valence-corrected chi connectivity index (χ1v) is 10.7. The maximum Gasteiger partial charge on any atom is 0.259 e. The van der Waals surface area contributed by atoms with Crippen LogP contribution in [0.3, 0.4) is 0 Å². The molecule has 5 rings (SSSR count). The van der Waals surface area contributed by atoms with Crippen molar-refractivity contribution in [2.24, 2.45) is 0 Å². The van der Waals surface area contributed by atoms with E-state index in [2.05, 4.69) is 41.1 Å². The van der Waals surface area contributed by atoms with Crippen molar-refractivity contribution in [3.05, 3.63) is 68.7 Å². The number of nitrogens with zero attached hydrogens (tertiary/aromatic N) is 3. The van der Waals surface area contributed by atoms with Crippen LogP contribution >= 0.6 is 11.3 Å². The number of thiazole rings is 1. The van der Waals surface area contributed by atoms with E-state index in [0.717, 1.165) is 48.8 Å². The molecular weight excluding hydrogens is 368 g/mol. The minimum Gasteiger partial charge on any atom is -0.358 e. The maximum absolute atomic E-state index is 12.4. The standard InChI is InChI=1S/C22H24N4OS/c1-14-13-28-22-24-17(11-20(27)26(14)22)12-25-9-7-16(8-10-25)21-15(2)23-19-6-4-3-5-18(19)21/h3-6,11,13,16,23H,7-10,12H2,1-2H3. The molecule has 144 valence electrons. The molecule has 6 heteroatoms. The van der Waals surface area contributed by atoms with E-state index in [0.29, 0.717) is 5.92 Å². The summed E-state index contributed by atoms with van der Waals surface area (Å²) < 4.78 is 1.69. The van der Waals surface area contributed by atoms with Crippen LogP contribution in [0.25, 0.3) is 15.9 Å². The average molecular weight is 393 g/mol. The lowest BCUT2D eigenvalue weighted by atomic mass is 9.87. The van der Waals surface area contributed by atoms with Crippen LogP contribution < -0.4 is 5.56 Å². The summed E-state index contributed by atoms with van der Waals surface area (Å²) >= 11 is 1.54. The molecule has 1 aliphatic rings. The molecule has 0 bridgehead atoms. The number of hydrogen-bond donors (Lipinski definition) is 1. The fraction of sp³-hybridized carbons (Fsp3) is 0.364. The van der Waals surface area contributed by atoms with Gasteiger partial charge in [-0.05, 0) is 57.3 Å². The van der Waals surface area contributed by atoms with E-state index < -0.39 is 0 Å². The Hall–Kier alpha value is -2.44. The van der Waals surface area contributed by atoms with Crippen LogP contribution in [0.1, 0.15) is 41.4 Å². The van der Waals surface area contributed by atoms with E-state index in [1.807, 2.05) is 12.3 Å². The molecule has 0 spiro atoms. The third kappa shape index (κ3) is 2.97. The van der Waals surface area contributed by atoms with E-state index in [1.54, 1.807) is 10.5 Å². The lowest BCUT2D eigenvalue weighted by Gasteiger charge is -2.32. The van der Waals surface area contributed by atoms with Gasteiger partial charge in [-0.3, -0.25) is 14.1 Å². The molecular formula is C22H24N4OS. The molecule has 1 aliphatic heterocycles. The van der Waals surface area contributed by atoms with Crippen LogP contribution in [-0.2, 0) is 6.54 Å². The number of para-hydroxylation sites is 1. The van der Waals surface area contributed by atoms with Crippen LogP contribution in [0.2, 0.25) is 0 Å². The Balaban J connectivity index is 1.32. The third-order valence-corrected chi connectivity index (χ3v) is 6.90. The van der Waals surface area contributed by atoms with Gasteiger partial charge in [0.15, 0.2) is 4.96 Å². The van der Waals surface area contributed by atoms with Gasteiger partial charge in [0.1, 0.15) is 0 Å². The summed E-state index contributed by atoms with van der Waals surface area (Å²) in [6, 6.07) is 10.3. The highest BCUT2D eigenvalue weighted by Gasteiger charge is 2.25. The van der Waals surface area contributed by atoms with Crippen molar-refractivity contribution in [2.75, 3.05) is 13.1 Å². The zero-order valence-electron chi connectivity index (χ0n) is 16.2. The molecule has 28 heavy (non-hydrogen) atoms. The first-order chi connectivity index (χ1) is 13.6. The zero-order chi connectivity index (χ0) is 19.3. The topological polar surface area (TPSA) is 53.4 Å². The van der Waals surface area contributed by atoms with Gasteiger partial charge < -0.3 is 4.98 Å². The molecule has 1 aromatic carbocycles. The molecule has 0 radical (unpaired) electrons. The Morgan fingerprint density at radius 3 is 2.82 bits per heavy atom. The second-order valence-corrected chi connectivity index (χ2v) is 8.68. The van der Waals surface area contributed by atoms with Crippen LogP contribution in [-0.4, -0.2) is 32.4 Å². The normalized spacial score (nSPS) is 16.4. The number of aromatic amines is 1. The minimum atomic E-state index is 0.0306. The highest BCUT2D eigenvalue weighted by atomic mass is 32.1. The molecule has 1 saturated heterocycles. The molecule has 0 aliphatic carbocycles. The Morgan fingerprint density at radius 1 is 1.21 bits per heavy atom. The van der Waals surface area contributed by atoms with Gasteiger partial charge in [0, 0.05) is 40.3 Å². The van der Waals surface area contributed by atoms with E-state index in [9.17, 15) is 4.79 Å². The average Bonchev–Trinajstić information content (AvgIpc) is 3.22. The predicted octanol–water partition coefficient (Wildman–Crippen LogP) is 4.23. The molecule has 0 unspecified atom stereocenters. The molecule has 3 aromatic heterocycles. The Morgan fingerprint density at radius 2 is 2.00 bits per heavy atom. The molecule has 4 aromatic rings. The van der Waals surface area contributed by atoms with Gasteiger partial charge in [-0.2, -0.15) is 0 Å². The van der Waals surface area contributed by atoms with Gasteiger partial charge in [0.2, 0.25) is 0 Å². The number of likely N-dealkylation sites (tertiary alicyclic amines) is 1. The van der Waals surface area contributed by atoms with E-state index in [-0.39, 0.29) is 5.56 Å². The van der Waals surface area contributed by atoms with Crippen LogP contribution in [0.5, 0.6) is 0 Å². The smallest absolute Gasteiger partial charge is 0.259 e. The molecule has 1 N–H and O–H groups in total. The SMILES string of the molecule is Cc1[nH]c2ccccc2c1C1CCN(Cc2cc(=O)n3c(C)csc3n2)CC1. The van der Waals surface area contributed by atoms with Gasteiger partial charge in [-0.1, -0.05) is 18.2 Å². The van der Waals surface area contributed by atoms with Crippen molar-refractivity contribution in [1.82, 2.24) is 19.3 Å². The molecule has 0 saturated carbocycles. The number of H-pyrrole nitrogens is 1. The Bertz CT molecular complexity index is 1210. The van der Waals surface area contributed by atoms with Crippen LogP contribution in [0.4, 0.5) is 0 Å². The lowest BCUT2D eigenvalue weighted by Crippen LogP contribution is -2.33. The maximum atomic E-state index is 12.4. The van der Waals surface area contributed by atoms with Crippen LogP contribution in [0.15, 0.2) is 40.5 Å². The van der Waals surface area contributed by atoms with Crippen molar-refractivity contribution >= 4 is 27.2 Å². The molecule has 1 fully saturated rings. The lowest BCUT2D eigenvalue weighted by molar-refractivity contribution is 0.203. The van der Waals surface area contributed by atoms with Gasteiger partial charge in [-0.15, -0.1) is 11.3 Å². The molecule has 4 heterocycles. The minimum absolute atomic E-state index is 0.0306. The van der Waals surface area contributed by atoms with E-state index in [1.165, 1.54) is 33.5 Å². The quantitative estimate of drug-likeness (QED) is 0.568. The summed E-state index contributed by atoms with van der Waals surface area (Å²) in [6.07, 6.45) is 2.28. The fourth-order valence-corrected chi connectivity index (χ4v) is 5.51. The fourth-order valence-electron chi connectivity index (χ4n) is 4.62.